The van der Waals surface area contributed by atoms with Gasteiger partial charge in [-0.15, -0.1) is 0 Å². The van der Waals surface area contributed by atoms with E-state index in [1.165, 1.54) is 0 Å². The largest absolute Gasteiger partial charge is 0.399 e. The summed E-state index contributed by atoms with van der Waals surface area (Å²) in [5.41, 5.74) is 10.2. The number of hydrogen-bond donors (Lipinski definition) is 2. The maximum Gasteiger partial charge on any atom is 0.326 e. The van der Waals surface area contributed by atoms with Crippen LogP contribution >= 0.6 is 0 Å². The van der Waals surface area contributed by atoms with Gasteiger partial charge in [0.05, 0.1) is 23.5 Å². The molecule has 3 heterocycles. The van der Waals surface area contributed by atoms with Gasteiger partial charge in [-0.1, -0.05) is 18.2 Å². The Kier molecular flexibility index (Phi) is 4.38. The van der Waals surface area contributed by atoms with Gasteiger partial charge in [0.2, 0.25) is 5.91 Å². The van der Waals surface area contributed by atoms with Gasteiger partial charge in [0.25, 0.3) is 0 Å². The van der Waals surface area contributed by atoms with Crippen molar-refractivity contribution in [3.63, 3.8) is 0 Å². The molecule has 7 nitrogen and oxygen atoms in total. The molecule has 1 atom stereocenters. The minimum absolute atomic E-state index is 0.0572. The number of nitrogens with two attached hydrogens (primary N) is 1. The van der Waals surface area contributed by atoms with E-state index in [1.807, 2.05) is 42.4 Å². The Balaban J connectivity index is 1.40. The van der Waals surface area contributed by atoms with Crippen molar-refractivity contribution in [3.8, 4) is 0 Å². The molecule has 2 aromatic heterocycles. The van der Waals surface area contributed by atoms with Gasteiger partial charge in [0.15, 0.2) is 0 Å². The number of likely N-dealkylation sites (tertiary alicyclic amines) is 1. The Morgan fingerprint density at radius 3 is 2.90 bits per heavy atom. The normalized spacial score (nSPS) is 17.1. The summed E-state index contributed by atoms with van der Waals surface area (Å²) in [5.74, 6) is 0.100. The van der Waals surface area contributed by atoms with E-state index in [0.717, 1.165) is 46.9 Å². The molecule has 2 aromatic carbocycles. The third-order valence-electron chi connectivity index (χ3n) is 6.18. The Morgan fingerprint density at radius 1 is 1.20 bits per heavy atom. The molecule has 0 aliphatic carbocycles. The van der Waals surface area contributed by atoms with Gasteiger partial charge in [0, 0.05) is 42.9 Å². The van der Waals surface area contributed by atoms with Crippen molar-refractivity contribution in [2.45, 2.75) is 25.3 Å². The van der Waals surface area contributed by atoms with Gasteiger partial charge >= 0.3 is 5.69 Å². The summed E-state index contributed by atoms with van der Waals surface area (Å²) >= 11 is 0. The maximum atomic E-state index is 13.1. The molecule has 0 unspecified atom stereocenters. The fourth-order valence-corrected chi connectivity index (χ4v) is 4.73. The van der Waals surface area contributed by atoms with Crippen molar-refractivity contribution in [2.24, 2.45) is 7.05 Å². The summed E-state index contributed by atoms with van der Waals surface area (Å²) in [7, 11) is 2.00. The summed E-state index contributed by atoms with van der Waals surface area (Å²) in [6.45, 7) is 1.25. The van der Waals surface area contributed by atoms with Gasteiger partial charge in [-0.05, 0) is 42.7 Å². The molecule has 1 saturated heterocycles. The zero-order valence-electron chi connectivity index (χ0n) is 17.0. The molecule has 30 heavy (non-hydrogen) atoms. The molecule has 7 heteroatoms. The van der Waals surface area contributed by atoms with Crippen molar-refractivity contribution < 1.29 is 4.79 Å². The highest BCUT2D eigenvalue weighted by molar-refractivity contribution is 5.89. The Morgan fingerprint density at radius 2 is 2.03 bits per heavy atom. The molecule has 0 radical (unpaired) electrons. The topological polar surface area (TPSA) is 89.0 Å². The van der Waals surface area contributed by atoms with Crippen LogP contribution in [0.5, 0.6) is 0 Å². The number of hydrogen-bond acceptors (Lipinski definition) is 3. The minimum Gasteiger partial charge on any atom is -0.399 e. The predicted octanol–water partition coefficient (Wildman–Crippen LogP) is 2.81. The Labute approximate surface area is 173 Å². The van der Waals surface area contributed by atoms with Crippen LogP contribution in [0.4, 0.5) is 5.69 Å². The lowest BCUT2D eigenvalue weighted by Crippen LogP contribution is -2.43. The summed E-state index contributed by atoms with van der Waals surface area (Å²) in [4.78, 5) is 30.6. The highest BCUT2D eigenvalue weighted by Crippen LogP contribution is 2.26. The second-order valence-electron chi connectivity index (χ2n) is 8.17. The first-order valence-electron chi connectivity index (χ1n) is 10.3. The fraction of sp³-hybridized carbons (Fsp3) is 0.304. The van der Waals surface area contributed by atoms with Crippen molar-refractivity contribution in [2.75, 3.05) is 18.8 Å². The van der Waals surface area contributed by atoms with Crippen molar-refractivity contribution in [1.82, 2.24) is 19.0 Å². The van der Waals surface area contributed by atoms with Crippen LogP contribution in [-0.2, 0) is 18.3 Å². The number of fused-ring (bicyclic) bond motifs is 2. The molecule has 1 aliphatic rings. The standard InChI is InChI=1S/C23H25N5O2/c1-26-13-15(18-6-2-3-7-20(18)26)11-22(29)27-10-4-5-17(14-27)28-21-12-16(24)8-9-19(21)25-23(28)30/h2-3,6-9,12-13,17H,4-5,10-11,14,24H2,1H3,(H,25,30)/t17-/m0/s1. The van der Waals surface area contributed by atoms with Gasteiger partial charge < -0.3 is 20.2 Å². The third-order valence-corrected chi connectivity index (χ3v) is 6.18. The predicted molar refractivity (Wildman–Crippen MR) is 118 cm³/mol. The molecule has 5 rings (SSSR count). The molecule has 1 fully saturated rings. The first-order chi connectivity index (χ1) is 14.5. The van der Waals surface area contributed by atoms with E-state index in [0.29, 0.717) is 18.7 Å². The van der Waals surface area contributed by atoms with Crippen molar-refractivity contribution in [3.05, 3.63) is 64.7 Å². The summed E-state index contributed by atoms with van der Waals surface area (Å²) in [6.07, 6.45) is 4.13. The fourth-order valence-electron chi connectivity index (χ4n) is 4.73. The lowest BCUT2D eigenvalue weighted by molar-refractivity contribution is -0.132. The number of aromatic nitrogens is 3. The van der Waals surface area contributed by atoms with Gasteiger partial charge in [-0.2, -0.15) is 0 Å². The SMILES string of the molecule is Cn1cc(CC(=O)N2CCC[C@H](n3c(=O)[nH]c4ccc(N)cc43)C2)c2ccccc21. The molecule has 154 valence electrons. The molecular formula is C23H25N5O2. The van der Waals surface area contributed by atoms with E-state index in [-0.39, 0.29) is 17.6 Å². The van der Waals surface area contributed by atoms with Crippen molar-refractivity contribution in [1.29, 1.82) is 0 Å². The van der Waals surface area contributed by atoms with Crippen LogP contribution in [0.15, 0.2) is 53.5 Å². The number of para-hydroxylation sites is 1. The highest BCUT2D eigenvalue weighted by Gasteiger charge is 2.27. The lowest BCUT2D eigenvalue weighted by atomic mass is 10.0. The molecule has 0 bridgehead atoms. The third kappa shape index (κ3) is 3.07. The number of carbonyl (C=O) groups is 1. The number of nitrogen functional groups attached to an aromatic ring is 1. The Hall–Kier alpha value is -3.48. The number of rotatable bonds is 3. The van der Waals surface area contributed by atoms with Gasteiger partial charge in [-0.3, -0.25) is 9.36 Å². The van der Waals surface area contributed by atoms with E-state index >= 15 is 0 Å². The molecule has 0 spiro atoms. The van der Waals surface area contributed by atoms with Gasteiger partial charge in [0.1, 0.15) is 0 Å². The van der Waals surface area contributed by atoms with Crippen LogP contribution in [0.1, 0.15) is 24.4 Å². The molecule has 3 N–H and O–H groups in total. The zero-order valence-corrected chi connectivity index (χ0v) is 17.0. The number of piperidine rings is 1. The molecule has 4 aromatic rings. The number of H-pyrrole nitrogens is 1. The quantitative estimate of drug-likeness (QED) is 0.516. The second-order valence-corrected chi connectivity index (χ2v) is 8.17. The number of aromatic amines is 1. The van der Waals surface area contributed by atoms with Crippen LogP contribution in [0.25, 0.3) is 21.9 Å². The van der Waals surface area contributed by atoms with Crippen LogP contribution in [0.2, 0.25) is 0 Å². The van der Waals surface area contributed by atoms with Crippen LogP contribution in [-0.4, -0.2) is 38.0 Å². The molecule has 0 saturated carbocycles. The average molecular weight is 403 g/mol. The maximum absolute atomic E-state index is 13.1. The summed E-state index contributed by atoms with van der Waals surface area (Å²) in [6, 6.07) is 13.5. The number of nitrogens with one attached hydrogen (secondary N) is 1. The molecule has 1 amide bonds. The number of benzene rings is 2. The van der Waals surface area contributed by atoms with E-state index in [2.05, 4.69) is 21.7 Å². The summed E-state index contributed by atoms with van der Waals surface area (Å²) in [5, 5.41) is 1.12. The van der Waals surface area contributed by atoms with E-state index < -0.39 is 0 Å². The number of amides is 1. The van der Waals surface area contributed by atoms with Crippen molar-refractivity contribution >= 4 is 33.5 Å². The van der Waals surface area contributed by atoms with Gasteiger partial charge in [-0.25, -0.2) is 4.79 Å². The van der Waals surface area contributed by atoms with Crippen LogP contribution < -0.4 is 11.4 Å². The number of anilines is 1. The molecular weight excluding hydrogens is 378 g/mol. The van der Waals surface area contributed by atoms with Crippen LogP contribution in [0, 0.1) is 0 Å². The first-order valence-corrected chi connectivity index (χ1v) is 10.3. The number of imidazole rings is 1. The number of carbonyl (C=O) groups excluding carboxylic acids is 1. The average Bonchev–Trinajstić information content (AvgIpc) is 3.24. The Bertz CT molecular complexity index is 1310. The monoisotopic (exact) mass is 403 g/mol. The van der Waals surface area contributed by atoms with Crippen LogP contribution in [0.3, 0.4) is 0 Å². The lowest BCUT2D eigenvalue weighted by Gasteiger charge is -2.33. The second kappa shape index (κ2) is 7.09. The smallest absolute Gasteiger partial charge is 0.326 e. The van der Waals surface area contributed by atoms with E-state index in [9.17, 15) is 9.59 Å². The summed E-state index contributed by atoms with van der Waals surface area (Å²) < 4.78 is 3.83. The van der Waals surface area contributed by atoms with E-state index in [4.69, 9.17) is 5.73 Å². The zero-order chi connectivity index (χ0) is 20.8. The van der Waals surface area contributed by atoms with E-state index in [1.54, 1.807) is 10.6 Å². The highest BCUT2D eigenvalue weighted by atomic mass is 16.2. The first kappa shape index (κ1) is 18.5. The minimum atomic E-state index is -0.149. The number of nitrogens with zero attached hydrogens (tertiary/aromatic N) is 3. The number of aryl methyl sites for hydroxylation is 1. The molecule has 1 aliphatic heterocycles.